The van der Waals surface area contributed by atoms with E-state index in [0.29, 0.717) is 28.4 Å². The summed E-state index contributed by atoms with van der Waals surface area (Å²) >= 11 is 0. The third-order valence-corrected chi connectivity index (χ3v) is 3.26. The fourth-order valence-corrected chi connectivity index (χ4v) is 2.05. The maximum Gasteiger partial charge on any atom is 0.343 e. The van der Waals surface area contributed by atoms with Crippen LogP contribution in [-0.4, -0.2) is 5.97 Å². The van der Waals surface area contributed by atoms with Gasteiger partial charge in [0, 0.05) is 0 Å². The van der Waals surface area contributed by atoms with Crippen LogP contribution in [0.2, 0.25) is 0 Å². The average molecular weight is 315 g/mol. The van der Waals surface area contributed by atoms with E-state index in [1.807, 2.05) is 6.07 Å². The van der Waals surface area contributed by atoms with Gasteiger partial charge >= 0.3 is 5.97 Å². The Morgan fingerprint density at radius 3 is 1.88 bits per heavy atom. The van der Waals surface area contributed by atoms with E-state index >= 15 is 0 Å². The van der Waals surface area contributed by atoms with Gasteiger partial charge in [-0.3, -0.25) is 0 Å². The van der Waals surface area contributed by atoms with Gasteiger partial charge in [0.1, 0.15) is 17.2 Å². The second-order valence-corrected chi connectivity index (χ2v) is 4.97. The largest absolute Gasteiger partial charge is 0.457 e. The number of ether oxygens (including phenoxy) is 2. The molecule has 0 bridgehead atoms. The molecule has 0 heterocycles. The Kier molecular flexibility index (Phi) is 4.55. The van der Waals surface area contributed by atoms with Crippen molar-refractivity contribution in [1.82, 2.24) is 0 Å². The average Bonchev–Trinajstić information content (AvgIpc) is 2.65. The third kappa shape index (κ3) is 3.79. The summed E-state index contributed by atoms with van der Waals surface area (Å²) in [5, 5.41) is 8.77. The van der Waals surface area contributed by atoms with Gasteiger partial charge in [0.05, 0.1) is 17.2 Å². The lowest BCUT2D eigenvalue weighted by Crippen LogP contribution is -2.07. The molecule has 0 saturated carbocycles. The van der Waals surface area contributed by atoms with Crippen molar-refractivity contribution < 1.29 is 14.3 Å². The molecule has 3 rings (SSSR count). The molecule has 0 fully saturated rings. The van der Waals surface area contributed by atoms with Crippen LogP contribution in [-0.2, 0) is 0 Å². The molecule has 0 unspecified atom stereocenters. The lowest BCUT2D eigenvalue weighted by atomic mass is 10.2. The molecule has 0 aromatic heterocycles. The zero-order valence-electron chi connectivity index (χ0n) is 12.7. The highest BCUT2D eigenvalue weighted by atomic mass is 16.5. The van der Waals surface area contributed by atoms with Crippen LogP contribution in [0.3, 0.4) is 0 Å². The predicted octanol–water partition coefficient (Wildman–Crippen LogP) is 4.57. The summed E-state index contributed by atoms with van der Waals surface area (Å²) < 4.78 is 11.0. The fourth-order valence-electron chi connectivity index (χ4n) is 2.05. The SMILES string of the molecule is N#Cc1ccc(Oc2ccc(OC(=O)c3ccccc3)cc2)cc1. The van der Waals surface area contributed by atoms with E-state index in [1.54, 1.807) is 72.8 Å². The second-order valence-electron chi connectivity index (χ2n) is 4.97. The summed E-state index contributed by atoms with van der Waals surface area (Å²) in [5.74, 6) is 1.27. The van der Waals surface area contributed by atoms with Crippen molar-refractivity contribution in [1.29, 1.82) is 5.26 Å². The lowest BCUT2D eigenvalue weighted by Gasteiger charge is -2.07. The van der Waals surface area contributed by atoms with E-state index < -0.39 is 5.97 Å². The number of nitriles is 1. The van der Waals surface area contributed by atoms with Crippen LogP contribution < -0.4 is 9.47 Å². The van der Waals surface area contributed by atoms with Gasteiger partial charge in [-0.05, 0) is 60.7 Å². The minimum absolute atomic E-state index is 0.406. The van der Waals surface area contributed by atoms with Gasteiger partial charge in [-0.25, -0.2) is 4.79 Å². The topological polar surface area (TPSA) is 59.3 Å². The van der Waals surface area contributed by atoms with Gasteiger partial charge in [0.15, 0.2) is 0 Å². The third-order valence-electron chi connectivity index (χ3n) is 3.26. The number of carbonyl (C=O) groups is 1. The van der Waals surface area contributed by atoms with E-state index in [2.05, 4.69) is 6.07 Å². The molecule has 0 aliphatic heterocycles. The Hall–Kier alpha value is -3.58. The number of hydrogen-bond acceptors (Lipinski definition) is 4. The molecule has 3 aromatic carbocycles. The second kappa shape index (κ2) is 7.12. The molecular weight excluding hydrogens is 302 g/mol. The van der Waals surface area contributed by atoms with Gasteiger partial charge in [0.25, 0.3) is 0 Å². The number of esters is 1. The highest BCUT2D eigenvalue weighted by Crippen LogP contribution is 2.24. The minimum Gasteiger partial charge on any atom is -0.457 e. The first-order chi connectivity index (χ1) is 11.7. The molecule has 3 aromatic rings. The van der Waals surface area contributed by atoms with E-state index in [9.17, 15) is 4.79 Å². The Morgan fingerprint density at radius 1 is 0.750 bits per heavy atom. The summed E-state index contributed by atoms with van der Waals surface area (Å²) in [6.45, 7) is 0. The van der Waals surface area contributed by atoms with Crippen LogP contribution in [0.1, 0.15) is 15.9 Å². The maximum absolute atomic E-state index is 12.0. The first-order valence-corrected chi connectivity index (χ1v) is 7.30. The quantitative estimate of drug-likeness (QED) is 0.522. The molecule has 4 heteroatoms. The molecule has 116 valence electrons. The number of carbonyl (C=O) groups excluding carboxylic acids is 1. The standard InChI is InChI=1S/C20H13NO3/c21-14-15-6-8-17(9-7-15)23-18-10-12-19(13-11-18)24-20(22)16-4-2-1-3-5-16/h1-13H. The first kappa shape index (κ1) is 15.3. The van der Waals surface area contributed by atoms with Crippen molar-refractivity contribution in [2.45, 2.75) is 0 Å². The van der Waals surface area contributed by atoms with Crippen molar-refractivity contribution in [2.75, 3.05) is 0 Å². The predicted molar refractivity (Wildman–Crippen MR) is 89.1 cm³/mol. The van der Waals surface area contributed by atoms with Crippen LogP contribution in [0.25, 0.3) is 0 Å². The summed E-state index contributed by atoms with van der Waals surface area (Å²) in [5.41, 5.74) is 1.07. The highest BCUT2D eigenvalue weighted by Gasteiger charge is 2.07. The Morgan fingerprint density at radius 2 is 1.29 bits per heavy atom. The lowest BCUT2D eigenvalue weighted by molar-refractivity contribution is 0.0734. The summed E-state index contributed by atoms with van der Waals surface area (Å²) in [6, 6.07) is 24.4. The van der Waals surface area contributed by atoms with Crippen LogP contribution in [0.4, 0.5) is 0 Å². The van der Waals surface area contributed by atoms with Gasteiger partial charge in [-0.1, -0.05) is 18.2 Å². The van der Waals surface area contributed by atoms with Crippen molar-refractivity contribution in [3.63, 3.8) is 0 Å². The van der Waals surface area contributed by atoms with Gasteiger partial charge in [-0.2, -0.15) is 5.26 Å². The van der Waals surface area contributed by atoms with E-state index in [1.165, 1.54) is 0 Å². The maximum atomic E-state index is 12.0. The summed E-state index contributed by atoms with van der Waals surface area (Å²) in [6.07, 6.45) is 0. The van der Waals surface area contributed by atoms with E-state index in [-0.39, 0.29) is 0 Å². The Bertz CT molecular complexity index is 864. The zero-order valence-corrected chi connectivity index (χ0v) is 12.7. The molecule has 0 amide bonds. The minimum atomic E-state index is -0.406. The van der Waals surface area contributed by atoms with Gasteiger partial charge in [-0.15, -0.1) is 0 Å². The number of hydrogen-bond donors (Lipinski definition) is 0. The van der Waals surface area contributed by atoms with Gasteiger partial charge in [0.2, 0.25) is 0 Å². The monoisotopic (exact) mass is 315 g/mol. The van der Waals surface area contributed by atoms with E-state index in [0.717, 1.165) is 0 Å². The summed E-state index contributed by atoms with van der Waals surface area (Å²) in [4.78, 5) is 12.0. The van der Waals surface area contributed by atoms with Crippen molar-refractivity contribution in [2.24, 2.45) is 0 Å². The molecule has 0 aliphatic rings. The Balaban J connectivity index is 1.65. The molecule has 24 heavy (non-hydrogen) atoms. The molecule has 0 aliphatic carbocycles. The van der Waals surface area contributed by atoms with Crippen LogP contribution >= 0.6 is 0 Å². The van der Waals surface area contributed by atoms with Crippen LogP contribution in [0, 0.1) is 11.3 Å². The number of benzene rings is 3. The smallest absolute Gasteiger partial charge is 0.343 e. The van der Waals surface area contributed by atoms with Crippen LogP contribution in [0.15, 0.2) is 78.9 Å². The number of rotatable bonds is 4. The van der Waals surface area contributed by atoms with Gasteiger partial charge < -0.3 is 9.47 Å². The van der Waals surface area contributed by atoms with E-state index in [4.69, 9.17) is 14.7 Å². The Labute approximate surface area is 139 Å². The van der Waals surface area contributed by atoms with Crippen LogP contribution in [0.5, 0.6) is 17.2 Å². The molecule has 0 saturated heterocycles. The molecule has 0 N–H and O–H groups in total. The molecular formula is C20H13NO3. The molecule has 0 radical (unpaired) electrons. The fraction of sp³-hybridized carbons (Fsp3) is 0. The molecule has 4 nitrogen and oxygen atoms in total. The zero-order chi connectivity index (χ0) is 16.8. The van der Waals surface area contributed by atoms with Crippen molar-refractivity contribution in [3.05, 3.63) is 90.0 Å². The molecule has 0 atom stereocenters. The first-order valence-electron chi connectivity index (χ1n) is 7.30. The summed E-state index contributed by atoms with van der Waals surface area (Å²) in [7, 11) is 0. The highest BCUT2D eigenvalue weighted by molar-refractivity contribution is 5.90. The van der Waals surface area contributed by atoms with Crippen molar-refractivity contribution in [3.8, 4) is 23.3 Å². The normalized spacial score (nSPS) is 9.79. The van der Waals surface area contributed by atoms with Crippen molar-refractivity contribution >= 4 is 5.97 Å². The number of nitrogens with zero attached hydrogens (tertiary/aromatic N) is 1. The molecule has 0 spiro atoms.